The highest BCUT2D eigenvalue weighted by Crippen LogP contribution is 2.25. The molecule has 1 amide bonds. The third-order valence-electron chi connectivity index (χ3n) is 3.87. The molecule has 0 saturated carbocycles. The van der Waals surface area contributed by atoms with Gasteiger partial charge in [-0.2, -0.15) is 0 Å². The molecule has 5 nitrogen and oxygen atoms in total. The Morgan fingerprint density at radius 3 is 2.77 bits per heavy atom. The third-order valence-corrected chi connectivity index (χ3v) is 4.91. The van der Waals surface area contributed by atoms with E-state index in [0.29, 0.717) is 5.56 Å². The lowest BCUT2D eigenvalue weighted by Gasteiger charge is -2.29. The molecule has 116 valence electrons. The fourth-order valence-corrected chi connectivity index (χ4v) is 3.45. The van der Waals surface area contributed by atoms with Crippen molar-refractivity contribution in [2.75, 3.05) is 29.9 Å². The minimum Gasteiger partial charge on any atom is -0.356 e. The van der Waals surface area contributed by atoms with E-state index in [2.05, 4.69) is 14.9 Å². The topological polar surface area (TPSA) is 49.3 Å². The van der Waals surface area contributed by atoms with Crippen molar-refractivity contribution in [3.8, 4) is 0 Å². The molecule has 0 atom stereocenters. The van der Waals surface area contributed by atoms with Crippen LogP contribution in [-0.4, -0.2) is 36.0 Å². The van der Waals surface area contributed by atoms with Crippen molar-refractivity contribution >= 4 is 28.2 Å². The predicted molar refractivity (Wildman–Crippen MR) is 89.9 cm³/mol. The fraction of sp³-hybridized carbons (Fsp3) is 0.438. The van der Waals surface area contributed by atoms with Crippen LogP contribution in [0.1, 0.15) is 35.3 Å². The van der Waals surface area contributed by atoms with Crippen LogP contribution in [0, 0.1) is 6.92 Å². The summed E-state index contributed by atoms with van der Waals surface area (Å²) < 4.78 is 0. The van der Waals surface area contributed by atoms with Gasteiger partial charge >= 0.3 is 0 Å². The first-order valence-corrected chi connectivity index (χ1v) is 8.45. The van der Waals surface area contributed by atoms with Gasteiger partial charge in [0.25, 0.3) is 5.91 Å². The van der Waals surface area contributed by atoms with Crippen LogP contribution in [0.25, 0.3) is 0 Å². The number of pyridine rings is 1. The van der Waals surface area contributed by atoms with Crippen molar-refractivity contribution in [1.82, 2.24) is 9.97 Å². The van der Waals surface area contributed by atoms with Crippen molar-refractivity contribution in [2.45, 2.75) is 26.2 Å². The summed E-state index contributed by atoms with van der Waals surface area (Å²) in [5.41, 5.74) is 1.59. The number of carbonyl (C=O) groups is 1. The molecule has 1 fully saturated rings. The summed E-state index contributed by atoms with van der Waals surface area (Å²) in [6.07, 6.45) is 5.33. The second kappa shape index (κ2) is 6.44. The molecular weight excluding hydrogens is 296 g/mol. The summed E-state index contributed by atoms with van der Waals surface area (Å²) in [4.78, 5) is 25.5. The highest BCUT2D eigenvalue weighted by molar-refractivity contribution is 7.14. The molecule has 3 heterocycles. The van der Waals surface area contributed by atoms with Gasteiger partial charge in [0.05, 0.1) is 11.3 Å². The third kappa shape index (κ3) is 2.97. The normalized spacial score (nSPS) is 14.9. The van der Waals surface area contributed by atoms with Gasteiger partial charge in [-0.25, -0.2) is 9.97 Å². The van der Waals surface area contributed by atoms with Crippen LogP contribution in [0.5, 0.6) is 0 Å². The lowest BCUT2D eigenvalue weighted by Crippen LogP contribution is -2.34. The molecule has 2 aromatic rings. The molecule has 0 unspecified atom stereocenters. The highest BCUT2D eigenvalue weighted by atomic mass is 32.1. The van der Waals surface area contributed by atoms with Gasteiger partial charge in [-0.05, 0) is 38.3 Å². The van der Waals surface area contributed by atoms with Gasteiger partial charge in [0.2, 0.25) is 0 Å². The summed E-state index contributed by atoms with van der Waals surface area (Å²) >= 11 is 1.48. The number of hydrogen-bond donors (Lipinski definition) is 0. The van der Waals surface area contributed by atoms with Crippen molar-refractivity contribution in [1.29, 1.82) is 0 Å². The minimum atomic E-state index is -0.0528. The first kappa shape index (κ1) is 15.0. The molecule has 0 radical (unpaired) electrons. The summed E-state index contributed by atoms with van der Waals surface area (Å²) in [7, 11) is 1.77. The lowest BCUT2D eigenvalue weighted by atomic mass is 10.1. The largest absolute Gasteiger partial charge is 0.356 e. The van der Waals surface area contributed by atoms with Crippen LogP contribution < -0.4 is 9.80 Å². The van der Waals surface area contributed by atoms with Crippen LogP contribution in [0.15, 0.2) is 23.7 Å². The monoisotopic (exact) mass is 316 g/mol. The Balaban J connectivity index is 1.88. The number of carbonyl (C=O) groups excluding carboxylic acids is 1. The van der Waals surface area contributed by atoms with Gasteiger partial charge in [0, 0.05) is 31.7 Å². The molecule has 1 aliphatic heterocycles. The average Bonchev–Trinajstić information content (AvgIpc) is 3.01. The van der Waals surface area contributed by atoms with Gasteiger partial charge in [-0.1, -0.05) is 0 Å². The summed E-state index contributed by atoms with van der Waals surface area (Å²) in [5, 5.41) is 2.67. The van der Waals surface area contributed by atoms with Crippen molar-refractivity contribution in [3.63, 3.8) is 0 Å². The molecule has 3 rings (SSSR count). The molecule has 1 saturated heterocycles. The maximum Gasteiger partial charge on any atom is 0.263 e. The van der Waals surface area contributed by atoms with E-state index in [4.69, 9.17) is 0 Å². The molecule has 22 heavy (non-hydrogen) atoms. The van der Waals surface area contributed by atoms with Crippen LogP contribution >= 0.6 is 11.3 Å². The van der Waals surface area contributed by atoms with Crippen molar-refractivity contribution in [2.24, 2.45) is 0 Å². The number of anilines is 2. The number of rotatable bonds is 3. The van der Waals surface area contributed by atoms with Gasteiger partial charge in [0.15, 0.2) is 5.13 Å². The number of piperidine rings is 1. The van der Waals surface area contributed by atoms with Crippen molar-refractivity contribution < 1.29 is 4.79 Å². The van der Waals surface area contributed by atoms with Crippen LogP contribution in [-0.2, 0) is 0 Å². The van der Waals surface area contributed by atoms with E-state index in [1.807, 2.05) is 24.4 Å². The Morgan fingerprint density at radius 1 is 1.32 bits per heavy atom. The molecular formula is C16H20N4OS. The Labute approximate surface area is 134 Å². The first-order chi connectivity index (χ1) is 10.7. The first-order valence-electron chi connectivity index (χ1n) is 7.57. The number of hydrogen-bond acceptors (Lipinski definition) is 5. The fourth-order valence-electron chi connectivity index (χ4n) is 2.68. The van der Waals surface area contributed by atoms with E-state index in [1.54, 1.807) is 18.1 Å². The van der Waals surface area contributed by atoms with E-state index in [0.717, 1.165) is 42.6 Å². The van der Waals surface area contributed by atoms with Gasteiger partial charge < -0.3 is 4.90 Å². The number of aromatic nitrogens is 2. The van der Waals surface area contributed by atoms with Crippen LogP contribution in [0.4, 0.5) is 10.9 Å². The maximum absolute atomic E-state index is 12.8. The van der Waals surface area contributed by atoms with E-state index < -0.39 is 0 Å². The smallest absolute Gasteiger partial charge is 0.263 e. The second-order valence-electron chi connectivity index (χ2n) is 5.56. The summed E-state index contributed by atoms with van der Waals surface area (Å²) in [6, 6.07) is 3.68. The molecule has 2 aromatic heterocycles. The summed E-state index contributed by atoms with van der Waals surface area (Å²) in [6.45, 7) is 3.87. The van der Waals surface area contributed by atoms with Crippen molar-refractivity contribution in [3.05, 3.63) is 35.0 Å². The lowest BCUT2D eigenvalue weighted by molar-refractivity contribution is 0.0993. The minimum absolute atomic E-state index is 0.0528. The Bertz CT molecular complexity index is 664. The maximum atomic E-state index is 12.8. The molecule has 6 heteroatoms. The van der Waals surface area contributed by atoms with Crippen LogP contribution in [0.3, 0.4) is 0 Å². The molecule has 0 N–H and O–H groups in total. The SMILES string of the molecule is Cc1csc(N(C)C(=O)c2cccnc2N2CCCCC2)n1. The molecule has 0 spiro atoms. The molecule has 0 bridgehead atoms. The predicted octanol–water partition coefficient (Wildman–Crippen LogP) is 3.11. The number of thiazole rings is 1. The average molecular weight is 316 g/mol. The number of amides is 1. The van der Waals surface area contributed by atoms with Crippen LogP contribution in [0.2, 0.25) is 0 Å². The Kier molecular flexibility index (Phi) is 4.38. The molecule has 0 aromatic carbocycles. The highest BCUT2D eigenvalue weighted by Gasteiger charge is 2.23. The number of aryl methyl sites for hydroxylation is 1. The zero-order valence-electron chi connectivity index (χ0n) is 13.0. The molecule has 1 aliphatic rings. The summed E-state index contributed by atoms with van der Waals surface area (Å²) in [5.74, 6) is 0.746. The van der Waals surface area contributed by atoms with Gasteiger partial charge in [-0.3, -0.25) is 9.69 Å². The van der Waals surface area contributed by atoms with E-state index in [1.165, 1.54) is 17.8 Å². The Morgan fingerprint density at radius 2 is 2.09 bits per heavy atom. The zero-order chi connectivity index (χ0) is 15.5. The second-order valence-corrected chi connectivity index (χ2v) is 6.39. The van der Waals surface area contributed by atoms with Gasteiger partial charge in [-0.15, -0.1) is 11.3 Å². The number of nitrogens with zero attached hydrogens (tertiary/aromatic N) is 4. The quantitative estimate of drug-likeness (QED) is 0.873. The standard InChI is InChI=1S/C16H20N4OS/c1-12-11-22-16(18-12)19(2)15(21)13-7-6-8-17-14(13)20-9-4-3-5-10-20/h6-8,11H,3-5,9-10H2,1-2H3. The molecule has 0 aliphatic carbocycles. The van der Waals surface area contributed by atoms with Gasteiger partial charge in [0.1, 0.15) is 5.82 Å². The van der Waals surface area contributed by atoms with E-state index in [-0.39, 0.29) is 5.91 Å². The zero-order valence-corrected chi connectivity index (χ0v) is 13.8. The van der Waals surface area contributed by atoms with E-state index >= 15 is 0 Å². The van der Waals surface area contributed by atoms with E-state index in [9.17, 15) is 4.79 Å². The Hall–Kier alpha value is -1.95.